The number of rotatable bonds is 3. The molecule has 0 aliphatic carbocycles. The van der Waals surface area contributed by atoms with E-state index in [1.54, 1.807) is 0 Å². The summed E-state index contributed by atoms with van der Waals surface area (Å²) in [5, 5.41) is 10.7. The van der Waals surface area contributed by atoms with Gasteiger partial charge in [0.1, 0.15) is 10.7 Å². The standard InChI is InChI=1S/C9H10FNO4S/c1-9(2,16(14)15)6-4-3-5-7(10)8(6)11(12)13/h3-5,16H,1-2H3. The van der Waals surface area contributed by atoms with E-state index in [0.717, 1.165) is 6.07 Å². The monoisotopic (exact) mass is 247 g/mol. The number of nitrogens with zero attached hydrogens (tertiary/aromatic N) is 1. The van der Waals surface area contributed by atoms with Crippen LogP contribution in [0.2, 0.25) is 0 Å². The van der Waals surface area contributed by atoms with E-state index in [-0.39, 0.29) is 5.56 Å². The Labute approximate surface area is 93.0 Å². The highest BCUT2D eigenvalue weighted by Crippen LogP contribution is 2.33. The lowest BCUT2D eigenvalue weighted by atomic mass is 10.00. The Hall–Kier alpha value is -1.50. The van der Waals surface area contributed by atoms with Crippen molar-refractivity contribution in [3.63, 3.8) is 0 Å². The minimum absolute atomic E-state index is 0.145. The molecular weight excluding hydrogens is 237 g/mol. The summed E-state index contributed by atoms with van der Waals surface area (Å²) in [7, 11) is -2.94. The molecule has 0 saturated carbocycles. The van der Waals surface area contributed by atoms with Crippen molar-refractivity contribution in [3.05, 3.63) is 39.7 Å². The molecule has 0 fully saturated rings. The van der Waals surface area contributed by atoms with Crippen LogP contribution in [0, 0.1) is 15.9 Å². The number of benzene rings is 1. The molecule has 5 nitrogen and oxygen atoms in total. The van der Waals surface area contributed by atoms with Crippen LogP contribution < -0.4 is 0 Å². The SMILES string of the molecule is CC(C)(c1cccc(F)c1[N+](=O)[O-])[SH](=O)=O. The van der Waals surface area contributed by atoms with E-state index >= 15 is 0 Å². The van der Waals surface area contributed by atoms with Crippen LogP contribution in [0.15, 0.2) is 18.2 Å². The summed E-state index contributed by atoms with van der Waals surface area (Å²) in [6.45, 7) is 2.58. The highest BCUT2D eigenvalue weighted by molar-refractivity contribution is 7.73. The Morgan fingerprint density at radius 2 is 1.94 bits per heavy atom. The molecule has 0 aliphatic rings. The fourth-order valence-electron chi connectivity index (χ4n) is 1.29. The Kier molecular flexibility index (Phi) is 3.27. The normalized spacial score (nSPS) is 11.8. The van der Waals surface area contributed by atoms with Crippen LogP contribution in [0.3, 0.4) is 0 Å². The van der Waals surface area contributed by atoms with Crippen molar-refractivity contribution >= 4 is 16.4 Å². The van der Waals surface area contributed by atoms with Crippen molar-refractivity contribution in [3.8, 4) is 0 Å². The number of nitro benzene ring substituents is 1. The van der Waals surface area contributed by atoms with Crippen molar-refractivity contribution in [2.45, 2.75) is 18.6 Å². The summed E-state index contributed by atoms with van der Waals surface area (Å²) in [4.78, 5) is 9.77. The van der Waals surface area contributed by atoms with Gasteiger partial charge in [-0.3, -0.25) is 10.1 Å². The van der Waals surface area contributed by atoms with E-state index < -0.39 is 31.9 Å². The molecule has 0 aromatic heterocycles. The molecule has 7 heteroatoms. The first-order valence-electron chi connectivity index (χ1n) is 4.36. The van der Waals surface area contributed by atoms with Crippen molar-refractivity contribution in [2.24, 2.45) is 0 Å². The maximum Gasteiger partial charge on any atom is 0.309 e. The quantitative estimate of drug-likeness (QED) is 0.499. The van der Waals surface area contributed by atoms with E-state index in [1.165, 1.54) is 26.0 Å². The molecule has 0 atom stereocenters. The summed E-state index contributed by atoms with van der Waals surface area (Å²) in [6, 6.07) is 3.42. The van der Waals surface area contributed by atoms with Crippen LogP contribution in [-0.4, -0.2) is 13.3 Å². The fourth-order valence-corrected chi connectivity index (χ4v) is 1.67. The van der Waals surface area contributed by atoms with Gasteiger partial charge in [0, 0.05) is 0 Å². The minimum atomic E-state index is -2.94. The molecule has 0 saturated heterocycles. The third-order valence-corrected chi connectivity index (χ3v) is 3.44. The number of para-hydroxylation sites is 1. The molecule has 1 aromatic rings. The molecule has 16 heavy (non-hydrogen) atoms. The molecule has 0 amide bonds. The second kappa shape index (κ2) is 4.17. The van der Waals surface area contributed by atoms with Gasteiger partial charge in [-0.25, -0.2) is 8.42 Å². The molecule has 0 unspecified atom stereocenters. The van der Waals surface area contributed by atoms with Gasteiger partial charge in [0.05, 0.1) is 15.2 Å². The van der Waals surface area contributed by atoms with Gasteiger partial charge < -0.3 is 0 Å². The Morgan fingerprint density at radius 3 is 2.38 bits per heavy atom. The van der Waals surface area contributed by atoms with Crippen molar-refractivity contribution < 1.29 is 17.7 Å². The molecular formula is C9H10FNO4S. The van der Waals surface area contributed by atoms with Gasteiger partial charge in [0.15, 0.2) is 0 Å². The Morgan fingerprint density at radius 1 is 1.38 bits per heavy atom. The number of thiol groups is 1. The van der Waals surface area contributed by atoms with Crippen LogP contribution in [0.1, 0.15) is 19.4 Å². The Balaban J connectivity index is 3.57. The zero-order valence-electron chi connectivity index (χ0n) is 8.64. The molecule has 1 rings (SSSR count). The first kappa shape index (κ1) is 12.6. The predicted molar refractivity (Wildman–Crippen MR) is 56.4 cm³/mol. The van der Waals surface area contributed by atoms with Crippen LogP contribution >= 0.6 is 0 Å². The van der Waals surface area contributed by atoms with Gasteiger partial charge in [0.25, 0.3) is 0 Å². The average Bonchev–Trinajstić information content (AvgIpc) is 2.16. The highest BCUT2D eigenvalue weighted by Gasteiger charge is 2.34. The zero-order chi connectivity index (χ0) is 12.5. The molecule has 0 bridgehead atoms. The average molecular weight is 247 g/mol. The molecule has 0 aliphatic heterocycles. The Bertz CT molecular complexity index is 502. The largest absolute Gasteiger partial charge is 0.309 e. The first-order valence-corrected chi connectivity index (χ1v) is 5.54. The number of hydrogen-bond donors (Lipinski definition) is 1. The van der Waals surface area contributed by atoms with Gasteiger partial charge in [-0.1, -0.05) is 12.1 Å². The maximum atomic E-state index is 13.3. The van der Waals surface area contributed by atoms with Gasteiger partial charge in [0.2, 0.25) is 5.82 Å². The topological polar surface area (TPSA) is 77.3 Å². The summed E-state index contributed by atoms with van der Waals surface area (Å²) in [5.74, 6) is -1.03. The third kappa shape index (κ3) is 2.04. The lowest BCUT2D eigenvalue weighted by Crippen LogP contribution is -2.21. The van der Waals surface area contributed by atoms with E-state index in [1.807, 2.05) is 0 Å². The van der Waals surface area contributed by atoms with E-state index in [2.05, 4.69) is 0 Å². The van der Waals surface area contributed by atoms with Crippen molar-refractivity contribution in [2.75, 3.05) is 0 Å². The fraction of sp³-hybridized carbons (Fsp3) is 0.333. The van der Waals surface area contributed by atoms with E-state index in [0.29, 0.717) is 0 Å². The molecule has 0 radical (unpaired) electrons. The zero-order valence-corrected chi connectivity index (χ0v) is 9.53. The van der Waals surface area contributed by atoms with Crippen molar-refractivity contribution in [1.82, 2.24) is 0 Å². The highest BCUT2D eigenvalue weighted by atomic mass is 32.2. The van der Waals surface area contributed by atoms with Gasteiger partial charge in [-0.15, -0.1) is 0 Å². The molecule has 0 spiro atoms. The van der Waals surface area contributed by atoms with Gasteiger partial charge in [-0.2, -0.15) is 4.39 Å². The van der Waals surface area contributed by atoms with Crippen LogP contribution in [0.5, 0.6) is 0 Å². The minimum Gasteiger partial charge on any atom is -0.258 e. The lowest BCUT2D eigenvalue weighted by Gasteiger charge is -2.17. The first-order chi connectivity index (χ1) is 7.28. The third-order valence-electron chi connectivity index (χ3n) is 2.28. The molecule has 88 valence electrons. The molecule has 0 N–H and O–H groups in total. The summed E-state index contributed by atoms with van der Waals surface area (Å²) in [5.41, 5.74) is -0.930. The second-order valence-corrected chi connectivity index (χ2v) is 5.34. The number of halogens is 1. The lowest BCUT2D eigenvalue weighted by molar-refractivity contribution is -0.388. The van der Waals surface area contributed by atoms with Crippen LogP contribution in [-0.2, 0) is 15.5 Å². The summed E-state index contributed by atoms with van der Waals surface area (Å²) < 4.78 is 33.8. The maximum absolute atomic E-state index is 13.3. The van der Waals surface area contributed by atoms with E-state index in [4.69, 9.17) is 0 Å². The smallest absolute Gasteiger partial charge is 0.258 e. The number of hydrogen-bond acceptors (Lipinski definition) is 4. The molecule has 0 heterocycles. The number of nitro groups is 1. The predicted octanol–water partition coefficient (Wildman–Crippen LogP) is 1.58. The molecule has 1 aromatic carbocycles. The van der Waals surface area contributed by atoms with E-state index in [9.17, 15) is 22.9 Å². The van der Waals surface area contributed by atoms with Crippen LogP contribution in [0.25, 0.3) is 0 Å². The van der Waals surface area contributed by atoms with Crippen molar-refractivity contribution in [1.29, 1.82) is 0 Å². The second-order valence-electron chi connectivity index (χ2n) is 3.71. The van der Waals surface area contributed by atoms with Crippen LogP contribution in [0.4, 0.5) is 10.1 Å². The van der Waals surface area contributed by atoms with Gasteiger partial charge in [-0.05, 0) is 19.9 Å². The summed E-state index contributed by atoms with van der Waals surface area (Å²) in [6.07, 6.45) is 0. The summed E-state index contributed by atoms with van der Waals surface area (Å²) >= 11 is 0. The van der Waals surface area contributed by atoms with Gasteiger partial charge >= 0.3 is 5.69 Å².